The number of sulfonamides is 1. The normalized spacial score (nSPS) is 11.0. The Morgan fingerprint density at radius 2 is 1.68 bits per heavy atom. The van der Waals surface area contributed by atoms with Crippen molar-refractivity contribution in [3.05, 3.63) is 53.6 Å². The number of benzene rings is 2. The van der Waals surface area contributed by atoms with Gasteiger partial charge in [0.15, 0.2) is 12.4 Å². The molecule has 0 bridgehead atoms. The van der Waals surface area contributed by atoms with E-state index in [4.69, 9.17) is 4.74 Å². The Labute approximate surface area is 165 Å². The fraction of sp³-hybridized carbons (Fsp3) is 0.300. The molecule has 0 aliphatic rings. The second-order valence-electron chi connectivity index (χ2n) is 6.32. The van der Waals surface area contributed by atoms with Crippen LogP contribution in [0, 0.1) is 6.92 Å². The SMILES string of the molecule is CCCS(=O)(=O)Nc1cccc(NC(=O)COc2ccc(C(C)=O)cc2)c1C. The van der Waals surface area contributed by atoms with Gasteiger partial charge in [0.2, 0.25) is 10.0 Å². The first-order valence-electron chi connectivity index (χ1n) is 8.85. The molecule has 0 fully saturated rings. The van der Waals surface area contributed by atoms with Crippen LogP contribution in [0.4, 0.5) is 11.4 Å². The summed E-state index contributed by atoms with van der Waals surface area (Å²) in [6, 6.07) is 11.5. The topological polar surface area (TPSA) is 102 Å². The summed E-state index contributed by atoms with van der Waals surface area (Å²) < 4.78 is 31.9. The van der Waals surface area contributed by atoms with Crippen molar-refractivity contribution in [2.24, 2.45) is 0 Å². The van der Waals surface area contributed by atoms with Crippen LogP contribution < -0.4 is 14.8 Å². The molecule has 28 heavy (non-hydrogen) atoms. The van der Waals surface area contributed by atoms with Crippen molar-refractivity contribution in [2.45, 2.75) is 27.2 Å². The van der Waals surface area contributed by atoms with E-state index in [1.165, 1.54) is 6.92 Å². The van der Waals surface area contributed by atoms with Crippen molar-refractivity contribution in [3.63, 3.8) is 0 Å². The lowest BCUT2D eigenvalue weighted by Crippen LogP contribution is -2.21. The molecule has 8 heteroatoms. The molecule has 7 nitrogen and oxygen atoms in total. The zero-order valence-electron chi connectivity index (χ0n) is 16.1. The van der Waals surface area contributed by atoms with Crippen LogP contribution in [0.1, 0.15) is 36.2 Å². The van der Waals surface area contributed by atoms with Crippen molar-refractivity contribution in [3.8, 4) is 5.75 Å². The van der Waals surface area contributed by atoms with Gasteiger partial charge in [0.05, 0.1) is 11.4 Å². The number of anilines is 2. The van der Waals surface area contributed by atoms with E-state index in [2.05, 4.69) is 10.0 Å². The van der Waals surface area contributed by atoms with Gasteiger partial charge in [0.25, 0.3) is 5.91 Å². The quantitative estimate of drug-likeness (QED) is 0.624. The molecule has 0 aliphatic heterocycles. The summed E-state index contributed by atoms with van der Waals surface area (Å²) in [7, 11) is -3.42. The van der Waals surface area contributed by atoms with Crippen LogP contribution in [0.2, 0.25) is 0 Å². The number of hydrogen-bond donors (Lipinski definition) is 2. The highest BCUT2D eigenvalue weighted by Gasteiger charge is 2.13. The molecule has 0 radical (unpaired) electrons. The first-order valence-corrected chi connectivity index (χ1v) is 10.5. The third-order valence-corrected chi connectivity index (χ3v) is 5.45. The van der Waals surface area contributed by atoms with E-state index in [0.717, 1.165) is 0 Å². The molecule has 0 saturated carbocycles. The van der Waals surface area contributed by atoms with Gasteiger partial charge < -0.3 is 10.1 Å². The van der Waals surface area contributed by atoms with Crippen LogP contribution >= 0.6 is 0 Å². The average Bonchev–Trinajstić information content (AvgIpc) is 2.63. The minimum absolute atomic E-state index is 0.0271. The van der Waals surface area contributed by atoms with E-state index >= 15 is 0 Å². The number of nitrogens with one attached hydrogen (secondary N) is 2. The van der Waals surface area contributed by atoms with Crippen molar-refractivity contribution >= 4 is 33.1 Å². The molecule has 0 saturated heterocycles. The maximum absolute atomic E-state index is 12.2. The summed E-state index contributed by atoms with van der Waals surface area (Å²) in [4.78, 5) is 23.4. The largest absolute Gasteiger partial charge is 0.484 e. The fourth-order valence-corrected chi connectivity index (χ4v) is 3.69. The predicted octanol–water partition coefficient (Wildman–Crippen LogP) is 3.37. The Morgan fingerprint density at radius 3 is 2.29 bits per heavy atom. The number of hydrogen-bond acceptors (Lipinski definition) is 5. The van der Waals surface area contributed by atoms with Crippen LogP contribution in [0.15, 0.2) is 42.5 Å². The van der Waals surface area contributed by atoms with Gasteiger partial charge in [-0.1, -0.05) is 13.0 Å². The first-order chi connectivity index (χ1) is 13.2. The number of amides is 1. The second kappa shape index (κ2) is 9.36. The lowest BCUT2D eigenvalue weighted by Gasteiger charge is -2.14. The number of rotatable bonds is 9. The molecule has 0 aromatic heterocycles. The van der Waals surface area contributed by atoms with Crippen LogP contribution in [0.25, 0.3) is 0 Å². The molecular weight excluding hydrogens is 380 g/mol. The van der Waals surface area contributed by atoms with E-state index in [1.807, 2.05) is 0 Å². The molecular formula is C20H24N2O5S. The fourth-order valence-electron chi connectivity index (χ4n) is 2.49. The average molecular weight is 404 g/mol. The van der Waals surface area contributed by atoms with E-state index in [1.54, 1.807) is 56.3 Å². The Hall–Kier alpha value is -2.87. The van der Waals surface area contributed by atoms with E-state index in [0.29, 0.717) is 34.7 Å². The summed E-state index contributed by atoms with van der Waals surface area (Å²) >= 11 is 0. The van der Waals surface area contributed by atoms with Gasteiger partial charge in [-0.25, -0.2) is 8.42 Å². The number of carbonyl (C=O) groups excluding carboxylic acids is 2. The van der Waals surface area contributed by atoms with Crippen molar-refractivity contribution in [2.75, 3.05) is 22.4 Å². The number of Topliss-reactive ketones (excluding diaryl/α,β-unsaturated/α-hetero) is 1. The lowest BCUT2D eigenvalue weighted by atomic mass is 10.1. The van der Waals surface area contributed by atoms with Crippen molar-refractivity contribution in [1.29, 1.82) is 0 Å². The molecule has 1 amide bonds. The standard InChI is InChI=1S/C20H24N2O5S/c1-4-12-28(25,26)22-19-7-5-6-18(14(19)2)21-20(24)13-27-17-10-8-16(9-11-17)15(3)23/h5-11,22H,4,12-13H2,1-3H3,(H,21,24). The molecule has 0 unspecified atom stereocenters. The minimum Gasteiger partial charge on any atom is -0.484 e. The zero-order chi connectivity index (χ0) is 20.7. The zero-order valence-corrected chi connectivity index (χ0v) is 16.9. The Morgan fingerprint density at radius 1 is 1.04 bits per heavy atom. The minimum atomic E-state index is -3.42. The number of carbonyl (C=O) groups is 2. The van der Waals surface area contributed by atoms with Crippen LogP contribution in [0.3, 0.4) is 0 Å². The summed E-state index contributed by atoms with van der Waals surface area (Å²) in [5.41, 5.74) is 2.10. The molecule has 2 aromatic carbocycles. The van der Waals surface area contributed by atoms with Gasteiger partial charge in [-0.2, -0.15) is 0 Å². The Balaban J connectivity index is 2.00. The highest BCUT2D eigenvalue weighted by Crippen LogP contribution is 2.24. The number of ketones is 1. The van der Waals surface area contributed by atoms with Gasteiger partial charge in [0, 0.05) is 11.3 Å². The number of ether oxygens (including phenoxy) is 1. The highest BCUT2D eigenvalue weighted by atomic mass is 32.2. The van der Waals surface area contributed by atoms with Gasteiger partial charge in [-0.3, -0.25) is 14.3 Å². The molecule has 2 rings (SSSR count). The monoisotopic (exact) mass is 404 g/mol. The summed E-state index contributed by atoms with van der Waals surface area (Å²) in [6.07, 6.45) is 0.509. The maximum atomic E-state index is 12.2. The summed E-state index contributed by atoms with van der Waals surface area (Å²) in [5.74, 6) is 0.0682. The smallest absolute Gasteiger partial charge is 0.262 e. The molecule has 150 valence electrons. The molecule has 2 N–H and O–H groups in total. The van der Waals surface area contributed by atoms with E-state index < -0.39 is 10.0 Å². The summed E-state index contributed by atoms with van der Waals surface area (Å²) in [6.45, 7) is 4.77. The second-order valence-corrected chi connectivity index (χ2v) is 8.16. The molecule has 0 spiro atoms. The Kier molecular flexibility index (Phi) is 7.17. The van der Waals surface area contributed by atoms with Gasteiger partial charge in [-0.15, -0.1) is 0 Å². The maximum Gasteiger partial charge on any atom is 0.262 e. The predicted molar refractivity (Wildman–Crippen MR) is 109 cm³/mol. The highest BCUT2D eigenvalue weighted by molar-refractivity contribution is 7.92. The lowest BCUT2D eigenvalue weighted by molar-refractivity contribution is -0.118. The van der Waals surface area contributed by atoms with Gasteiger partial charge in [0.1, 0.15) is 5.75 Å². The van der Waals surface area contributed by atoms with Gasteiger partial charge in [-0.05, 0) is 62.2 Å². The van der Waals surface area contributed by atoms with Crippen LogP contribution in [0.5, 0.6) is 5.75 Å². The van der Waals surface area contributed by atoms with E-state index in [-0.39, 0.29) is 24.1 Å². The third-order valence-electron chi connectivity index (χ3n) is 3.98. The first kappa shape index (κ1) is 21.4. The molecule has 0 heterocycles. The Bertz CT molecular complexity index is 953. The summed E-state index contributed by atoms with van der Waals surface area (Å²) in [5, 5.41) is 2.72. The van der Waals surface area contributed by atoms with E-state index in [9.17, 15) is 18.0 Å². The van der Waals surface area contributed by atoms with Crippen LogP contribution in [-0.4, -0.2) is 32.5 Å². The molecule has 0 atom stereocenters. The van der Waals surface area contributed by atoms with Crippen molar-refractivity contribution < 1.29 is 22.7 Å². The van der Waals surface area contributed by atoms with Crippen molar-refractivity contribution in [1.82, 2.24) is 0 Å². The third kappa shape index (κ3) is 6.09. The molecule has 2 aromatic rings. The van der Waals surface area contributed by atoms with Gasteiger partial charge >= 0.3 is 0 Å². The molecule has 0 aliphatic carbocycles. The van der Waals surface area contributed by atoms with Crippen LogP contribution in [-0.2, 0) is 14.8 Å².